The highest BCUT2D eigenvalue weighted by atomic mass is 14.6. The average molecular weight is 245 g/mol. The lowest BCUT2D eigenvalue weighted by Gasteiger charge is -2.17. The van der Waals surface area contributed by atoms with Gasteiger partial charge in [0, 0.05) is 5.70 Å². The van der Waals surface area contributed by atoms with Crippen molar-refractivity contribution < 1.29 is 0 Å². The van der Waals surface area contributed by atoms with Crippen molar-refractivity contribution in [3.8, 4) is 0 Å². The molecule has 0 aliphatic carbocycles. The third-order valence-corrected chi connectivity index (χ3v) is 3.12. The fraction of sp³-hybridized carbons (Fsp3) is 0.412. The second-order valence-electron chi connectivity index (χ2n) is 4.56. The molecule has 0 saturated heterocycles. The minimum Gasteiger partial charge on any atom is -0.402 e. The van der Waals surface area contributed by atoms with Gasteiger partial charge in [-0.1, -0.05) is 51.3 Å². The summed E-state index contributed by atoms with van der Waals surface area (Å²) < 4.78 is 0. The van der Waals surface area contributed by atoms with Crippen LogP contribution in [0.15, 0.2) is 59.9 Å². The van der Waals surface area contributed by atoms with E-state index in [0.29, 0.717) is 0 Å². The molecule has 0 saturated carbocycles. The molecule has 0 aromatic heterocycles. The van der Waals surface area contributed by atoms with Crippen LogP contribution in [0.25, 0.3) is 0 Å². The van der Waals surface area contributed by atoms with Crippen LogP contribution in [0.4, 0.5) is 0 Å². The Hall–Kier alpha value is -1.50. The second-order valence-corrected chi connectivity index (χ2v) is 4.56. The van der Waals surface area contributed by atoms with Gasteiger partial charge in [-0.25, -0.2) is 0 Å². The molecule has 0 bridgehead atoms. The van der Waals surface area contributed by atoms with Crippen molar-refractivity contribution in [2.45, 2.75) is 40.5 Å². The fourth-order valence-electron chi connectivity index (χ4n) is 1.68. The van der Waals surface area contributed by atoms with Crippen LogP contribution >= 0.6 is 0 Å². The smallest absolute Gasteiger partial charge is 0.00395 e. The summed E-state index contributed by atoms with van der Waals surface area (Å²) in [5.41, 5.74) is 10.2. The van der Waals surface area contributed by atoms with Gasteiger partial charge in [-0.2, -0.15) is 0 Å². The molecule has 0 rings (SSSR count). The van der Waals surface area contributed by atoms with Crippen LogP contribution in [0.3, 0.4) is 0 Å². The van der Waals surface area contributed by atoms with E-state index in [9.17, 15) is 0 Å². The van der Waals surface area contributed by atoms with Crippen molar-refractivity contribution in [3.63, 3.8) is 0 Å². The Bertz CT molecular complexity index is 380. The molecule has 0 aromatic rings. The van der Waals surface area contributed by atoms with E-state index in [0.717, 1.165) is 24.1 Å². The van der Waals surface area contributed by atoms with E-state index >= 15 is 0 Å². The molecule has 18 heavy (non-hydrogen) atoms. The topological polar surface area (TPSA) is 26.0 Å². The molecule has 100 valence electrons. The SMILES string of the molecule is C=C(CC)C(=C\C=C/C)/C(=C\C)CC(C)C(=C)N. The summed E-state index contributed by atoms with van der Waals surface area (Å²) in [6, 6.07) is 0. The highest BCUT2D eigenvalue weighted by Gasteiger charge is 2.11. The summed E-state index contributed by atoms with van der Waals surface area (Å²) in [5, 5.41) is 0. The first-order valence-corrected chi connectivity index (χ1v) is 6.58. The van der Waals surface area contributed by atoms with Gasteiger partial charge >= 0.3 is 0 Å². The number of hydrogen-bond acceptors (Lipinski definition) is 1. The standard InChI is InChI=1S/C17H27N/c1-7-10-11-17(13(4)8-2)16(9-3)12-14(5)15(6)18/h7,9-11,14H,4,6,8,12,18H2,1-3,5H3/b10-7-,16-9-,17-11+. The monoisotopic (exact) mass is 245 g/mol. The number of rotatable bonds is 7. The van der Waals surface area contributed by atoms with Gasteiger partial charge in [0.1, 0.15) is 0 Å². The molecule has 2 N–H and O–H groups in total. The molecule has 0 aliphatic rings. The molecule has 1 unspecified atom stereocenters. The molecule has 1 atom stereocenters. The minimum absolute atomic E-state index is 0.287. The van der Waals surface area contributed by atoms with Crippen LogP contribution < -0.4 is 5.73 Å². The van der Waals surface area contributed by atoms with Crippen LogP contribution in [0, 0.1) is 5.92 Å². The Morgan fingerprint density at radius 3 is 2.28 bits per heavy atom. The molecule has 0 aliphatic heterocycles. The lowest BCUT2D eigenvalue weighted by Crippen LogP contribution is -2.09. The van der Waals surface area contributed by atoms with Gasteiger partial charge in [-0.3, -0.25) is 0 Å². The maximum absolute atomic E-state index is 5.77. The van der Waals surface area contributed by atoms with Gasteiger partial charge in [-0.15, -0.1) is 0 Å². The summed E-state index contributed by atoms with van der Waals surface area (Å²) in [5.74, 6) is 0.287. The quantitative estimate of drug-likeness (QED) is 0.634. The molecule has 0 spiro atoms. The predicted octanol–water partition coefficient (Wildman–Crippen LogP) is 4.90. The lowest BCUT2D eigenvalue weighted by molar-refractivity contribution is 0.669. The minimum atomic E-state index is 0.287. The first kappa shape index (κ1) is 16.5. The van der Waals surface area contributed by atoms with Crippen molar-refractivity contribution in [2.75, 3.05) is 0 Å². The average Bonchev–Trinajstić information content (AvgIpc) is 2.36. The molecule has 0 radical (unpaired) electrons. The first-order chi connectivity index (χ1) is 8.47. The first-order valence-electron chi connectivity index (χ1n) is 6.58. The zero-order chi connectivity index (χ0) is 14.1. The van der Waals surface area contributed by atoms with Gasteiger partial charge in [0.15, 0.2) is 0 Å². The molecule has 0 fully saturated rings. The van der Waals surface area contributed by atoms with E-state index in [1.54, 1.807) is 0 Å². The highest BCUT2D eigenvalue weighted by molar-refractivity contribution is 5.47. The third kappa shape index (κ3) is 5.22. The van der Waals surface area contributed by atoms with E-state index in [2.05, 4.69) is 52.2 Å². The Morgan fingerprint density at radius 1 is 1.28 bits per heavy atom. The van der Waals surface area contributed by atoms with Crippen molar-refractivity contribution >= 4 is 0 Å². The maximum atomic E-state index is 5.77. The van der Waals surface area contributed by atoms with Crippen molar-refractivity contribution in [3.05, 3.63) is 59.9 Å². The maximum Gasteiger partial charge on any atom is 0.00395 e. The van der Waals surface area contributed by atoms with Gasteiger partial charge in [-0.05, 0) is 49.3 Å². The van der Waals surface area contributed by atoms with Gasteiger partial charge in [0.05, 0.1) is 0 Å². The largest absolute Gasteiger partial charge is 0.402 e. The van der Waals surface area contributed by atoms with Crippen LogP contribution in [0.5, 0.6) is 0 Å². The van der Waals surface area contributed by atoms with Crippen LogP contribution in [0.2, 0.25) is 0 Å². The van der Waals surface area contributed by atoms with Crippen LogP contribution in [0.1, 0.15) is 40.5 Å². The molecule has 1 heteroatoms. The predicted molar refractivity (Wildman–Crippen MR) is 83.2 cm³/mol. The lowest BCUT2D eigenvalue weighted by atomic mass is 9.89. The summed E-state index contributed by atoms with van der Waals surface area (Å²) in [6.45, 7) is 16.3. The van der Waals surface area contributed by atoms with Crippen molar-refractivity contribution in [1.29, 1.82) is 0 Å². The number of allylic oxidation sites excluding steroid dienone is 8. The number of hydrogen-bond donors (Lipinski definition) is 1. The Morgan fingerprint density at radius 2 is 1.89 bits per heavy atom. The van der Waals surface area contributed by atoms with E-state index in [4.69, 9.17) is 5.73 Å². The molecule has 0 amide bonds. The molecular formula is C17H27N. The fourth-order valence-corrected chi connectivity index (χ4v) is 1.68. The normalized spacial score (nSPS) is 14.9. The molecule has 0 aromatic carbocycles. The summed E-state index contributed by atoms with van der Waals surface area (Å²) in [7, 11) is 0. The molecule has 1 nitrogen and oxygen atoms in total. The summed E-state index contributed by atoms with van der Waals surface area (Å²) in [4.78, 5) is 0. The summed E-state index contributed by atoms with van der Waals surface area (Å²) >= 11 is 0. The van der Waals surface area contributed by atoms with E-state index < -0.39 is 0 Å². The van der Waals surface area contributed by atoms with Crippen LogP contribution in [-0.4, -0.2) is 0 Å². The van der Waals surface area contributed by atoms with E-state index in [-0.39, 0.29) is 5.92 Å². The highest BCUT2D eigenvalue weighted by Crippen LogP contribution is 2.27. The zero-order valence-corrected chi connectivity index (χ0v) is 12.3. The van der Waals surface area contributed by atoms with Gasteiger partial charge < -0.3 is 5.73 Å². The van der Waals surface area contributed by atoms with Gasteiger partial charge in [0.2, 0.25) is 0 Å². The van der Waals surface area contributed by atoms with Crippen LogP contribution in [-0.2, 0) is 0 Å². The Balaban J connectivity index is 5.19. The second kappa shape index (κ2) is 8.57. The zero-order valence-electron chi connectivity index (χ0n) is 12.3. The van der Waals surface area contributed by atoms with Crippen molar-refractivity contribution in [1.82, 2.24) is 0 Å². The summed E-state index contributed by atoms with van der Waals surface area (Å²) in [6.07, 6.45) is 10.2. The van der Waals surface area contributed by atoms with Crippen molar-refractivity contribution in [2.24, 2.45) is 11.7 Å². The molecule has 0 heterocycles. The Labute approximate surface area is 112 Å². The van der Waals surface area contributed by atoms with E-state index in [1.807, 2.05) is 13.0 Å². The number of nitrogens with two attached hydrogens (primary N) is 1. The molecular weight excluding hydrogens is 218 g/mol. The third-order valence-electron chi connectivity index (χ3n) is 3.12. The Kier molecular flexibility index (Phi) is 7.86. The van der Waals surface area contributed by atoms with Gasteiger partial charge in [0.25, 0.3) is 0 Å². The van der Waals surface area contributed by atoms with E-state index in [1.165, 1.54) is 11.1 Å².